The highest BCUT2D eigenvalue weighted by Gasteiger charge is 2.17. The minimum absolute atomic E-state index is 0.162. The van der Waals surface area contributed by atoms with Gasteiger partial charge in [0, 0.05) is 32.7 Å². The van der Waals surface area contributed by atoms with Crippen LogP contribution in [0.15, 0.2) is 24.3 Å². The van der Waals surface area contributed by atoms with Crippen LogP contribution in [0.5, 0.6) is 0 Å². The highest BCUT2D eigenvalue weighted by molar-refractivity contribution is 5.89. The summed E-state index contributed by atoms with van der Waals surface area (Å²) in [6, 6.07) is 7.26. The first-order chi connectivity index (χ1) is 10.6. The van der Waals surface area contributed by atoms with Crippen molar-refractivity contribution in [3.8, 4) is 0 Å². The van der Waals surface area contributed by atoms with Gasteiger partial charge in [-0.1, -0.05) is 12.1 Å². The maximum Gasteiger partial charge on any atom is 0.337 e. The van der Waals surface area contributed by atoms with Crippen molar-refractivity contribution in [3.05, 3.63) is 35.4 Å². The van der Waals surface area contributed by atoms with Gasteiger partial charge < -0.3 is 15.0 Å². The van der Waals surface area contributed by atoms with Gasteiger partial charge in [0.2, 0.25) is 5.91 Å². The summed E-state index contributed by atoms with van der Waals surface area (Å²) in [5, 5.41) is 3.24. The Kier molecular flexibility index (Phi) is 5.91. The molecule has 1 aliphatic rings. The number of hydrogen-bond donors (Lipinski definition) is 1. The molecule has 1 aliphatic heterocycles. The molecule has 2 rings (SSSR count). The Hall–Kier alpha value is -1.92. The maximum absolute atomic E-state index is 12.2. The van der Waals surface area contributed by atoms with Gasteiger partial charge in [0.1, 0.15) is 0 Å². The minimum atomic E-state index is -0.339. The Morgan fingerprint density at radius 2 is 1.86 bits per heavy atom. The van der Waals surface area contributed by atoms with Crippen LogP contribution in [-0.2, 0) is 16.1 Å². The third kappa shape index (κ3) is 4.54. The first kappa shape index (κ1) is 16.5. The van der Waals surface area contributed by atoms with Crippen LogP contribution in [0.1, 0.15) is 15.9 Å². The molecule has 1 saturated heterocycles. The van der Waals surface area contributed by atoms with Crippen molar-refractivity contribution in [2.75, 3.05) is 46.9 Å². The van der Waals surface area contributed by atoms with E-state index in [-0.39, 0.29) is 11.9 Å². The molecule has 0 bridgehead atoms. The van der Waals surface area contributed by atoms with Crippen LogP contribution in [0.25, 0.3) is 0 Å². The molecule has 0 spiro atoms. The summed E-state index contributed by atoms with van der Waals surface area (Å²) in [7, 11) is 3.29. The molecule has 22 heavy (non-hydrogen) atoms. The van der Waals surface area contributed by atoms with Gasteiger partial charge in [-0.2, -0.15) is 0 Å². The normalized spacial score (nSPS) is 15.0. The van der Waals surface area contributed by atoms with Crippen molar-refractivity contribution in [1.29, 1.82) is 0 Å². The molecule has 0 radical (unpaired) electrons. The van der Waals surface area contributed by atoms with Crippen molar-refractivity contribution in [3.63, 3.8) is 0 Å². The number of piperazine rings is 1. The highest BCUT2D eigenvalue weighted by Crippen LogP contribution is 2.08. The average Bonchev–Trinajstić information content (AvgIpc) is 2.55. The second-order valence-electron chi connectivity index (χ2n) is 5.49. The molecule has 1 amide bonds. The van der Waals surface area contributed by atoms with Crippen LogP contribution in [-0.4, -0.2) is 68.6 Å². The summed E-state index contributed by atoms with van der Waals surface area (Å²) in [4.78, 5) is 27.4. The van der Waals surface area contributed by atoms with Crippen molar-refractivity contribution in [2.45, 2.75) is 6.54 Å². The minimum Gasteiger partial charge on any atom is -0.465 e. The quantitative estimate of drug-likeness (QED) is 0.795. The van der Waals surface area contributed by atoms with Crippen molar-refractivity contribution in [2.24, 2.45) is 0 Å². The van der Waals surface area contributed by atoms with E-state index >= 15 is 0 Å². The molecule has 6 nitrogen and oxygen atoms in total. The van der Waals surface area contributed by atoms with Gasteiger partial charge in [0.25, 0.3) is 0 Å². The first-order valence-electron chi connectivity index (χ1n) is 7.44. The van der Waals surface area contributed by atoms with E-state index in [1.165, 1.54) is 7.11 Å². The number of nitrogens with zero attached hydrogens (tertiary/aromatic N) is 2. The highest BCUT2D eigenvalue weighted by atomic mass is 16.5. The molecule has 1 N–H and O–H groups in total. The Bertz CT molecular complexity index is 510. The number of carbonyl (C=O) groups excluding carboxylic acids is 2. The smallest absolute Gasteiger partial charge is 0.337 e. The maximum atomic E-state index is 12.2. The van der Waals surface area contributed by atoms with E-state index in [0.717, 1.165) is 31.7 Å². The Labute approximate surface area is 131 Å². The van der Waals surface area contributed by atoms with Gasteiger partial charge in [0.05, 0.1) is 19.2 Å². The van der Waals surface area contributed by atoms with Crippen LogP contribution >= 0.6 is 0 Å². The molecule has 0 aliphatic carbocycles. The fraction of sp³-hybridized carbons (Fsp3) is 0.500. The summed E-state index contributed by atoms with van der Waals surface area (Å²) < 4.78 is 4.67. The molecule has 1 aromatic rings. The second kappa shape index (κ2) is 7.91. The molecule has 0 atom stereocenters. The summed E-state index contributed by atoms with van der Waals surface area (Å²) >= 11 is 0. The molecular weight excluding hydrogens is 282 g/mol. The Morgan fingerprint density at radius 1 is 1.23 bits per heavy atom. The molecule has 0 aromatic heterocycles. The Balaban J connectivity index is 1.84. The summed E-state index contributed by atoms with van der Waals surface area (Å²) in [6.45, 7) is 4.36. The average molecular weight is 305 g/mol. The number of nitrogens with one attached hydrogen (secondary N) is 1. The van der Waals surface area contributed by atoms with E-state index in [0.29, 0.717) is 18.7 Å². The van der Waals surface area contributed by atoms with Crippen LogP contribution in [0, 0.1) is 0 Å². The van der Waals surface area contributed by atoms with Gasteiger partial charge >= 0.3 is 5.97 Å². The Morgan fingerprint density at radius 3 is 2.45 bits per heavy atom. The number of amides is 1. The SMILES string of the molecule is COC(=O)c1ccc(CN(C)CC(=O)N2CCNCC2)cc1. The van der Waals surface area contributed by atoms with Crippen molar-refractivity contribution < 1.29 is 14.3 Å². The molecule has 6 heteroatoms. The third-order valence-electron chi connectivity index (χ3n) is 3.70. The van der Waals surface area contributed by atoms with Crippen molar-refractivity contribution >= 4 is 11.9 Å². The van der Waals surface area contributed by atoms with E-state index in [1.54, 1.807) is 12.1 Å². The van der Waals surface area contributed by atoms with Gasteiger partial charge in [-0.05, 0) is 24.7 Å². The second-order valence-corrected chi connectivity index (χ2v) is 5.49. The first-order valence-corrected chi connectivity index (χ1v) is 7.44. The van der Waals surface area contributed by atoms with Crippen LogP contribution < -0.4 is 5.32 Å². The number of methoxy groups -OCH3 is 1. The number of esters is 1. The lowest BCUT2D eigenvalue weighted by atomic mass is 10.1. The van der Waals surface area contributed by atoms with Crippen molar-refractivity contribution in [1.82, 2.24) is 15.1 Å². The molecule has 0 unspecified atom stereocenters. The molecule has 0 saturated carbocycles. The summed E-state index contributed by atoms with van der Waals surface area (Å²) in [5.41, 5.74) is 1.59. The fourth-order valence-corrected chi connectivity index (χ4v) is 2.48. The lowest BCUT2D eigenvalue weighted by Crippen LogP contribution is -2.49. The number of rotatable bonds is 5. The standard InChI is InChI=1S/C16H23N3O3/c1-18(12-15(20)19-9-7-17-8-10-19)11-13-3-5-14(6-4-13)16(21)22-2/h3-6,17H,7-12H2,1-2H3. The molecular formula is C16H23N3O3. The number of likely N-dealkylation sites (N-methyl/N-ethyl adjacent to an activating group) is 1. The molecule has 1 heterocycles. The lowest BCUT2D eigenvalue weighted by molar-refractivity contribution is -0.132. The molecule has 1 aromatic carbocycles. The zero-order valence-corrected chi connectivity index (χ0v) is 13.2. The topological polar surface area (TPSA) is 61.9 Å². The van der Waals surface area contributed by atoms with E-state index < -0.39 is 0 Å². The molecule has 120 valence electrons. The predicted octanol–water partition coefficient (Wildman–Crippen LogP) is 0.337. The molecule has 1 fully saturated rings. The van der Waals surface area contributed by atoms with Gasteiger partial charge in [0.15, 0.2) is 0 Å². The third-order valence-corrected chi connectivity index (χ3v) is 3.70. The van der Waals surface area contributed by atoms with E-state index in [4.69, 9.17) is 0 Å². The largest absolute Gasteiger partial charge is 0.465 e. The van der Waals surface area contributed by atoms with Gasteiger partial charge in [-0.25, -0.2) is 4.79 Å². The number of carbonyl (C=O) groups is 2. The number of hydrogen-bond acceptors (Lipinski definition) is 5. The van der Waals surface area contributed by atoms with Gasteiger partial charge in [-0.3, -0.25) is 9.69 Å². The zero-order chi connectivity index (χ0) is 15.9. The predicted molar refractivity (Wildman–Crippen MR) is 83.6 cm³/mol. The van der Waals surface area contributed by atoms with E-state index in [2.05, 4.69) is 10.1 Å². The lowest BCUT2D eigenvalue weighted by Gasteiger charge is -2.29. The van der Waals surface area contributed by atoms with E-state index in [1.807, 2.05) is 29.0 Å². The van der Waals surface area contributed by atoms with Gasteiger partial charge in [-0.15, -0.1) is 0 Å². The summed E-state index contributed by atoms with van der Waals surface area (Å²) in [6.07, 6.45) is 0. The number of ether oxygens (including phenoxy) is 1. The van der Waals surface area contributed by atoms with E-state index in [9.17, 15) is 9.59 Å². The zero-order valence-electron chi connectivity index (χ0n) is 13.2. The summed E-state index contributed by atoms with van der Waals surface area (Å²) in [5.74, 6) is -0.177. The fourth-order valence-electron chi connectivity index (χ4n) is 2.48. The monoisotopic (exact) mass is 305 g/mol. The van der Waals surface area contributed by atoms with Crippen LogP contribution in [0.3, 0.4) is 0 Å². The number of benzene rings is 1. The van der Waals surface area contributed by atoms with Crippen LogP contribution in [0.4, 0.5) is 0 Å². The van der Waals surface area contributed by atoms with Crippen LogP contribution in [0.2, 0.25) is 0 Å².